The molecule has 1 aromatic rings. The van der Waals surface area contributed by atoms with Crippen LogP contribution in [0, 0.1) is 5.92 Å². The smallest absolute Gasteiger partial charge is 0.415 e. The van der Waals surface area contributed by atoms with Gasteiger partial charge < -0.3 is 9.47 Å². The molecule has 0 spiro atoms. The molecule has 3 rings (SSSR count). The molecule has 1 atom stereocenters. The second-order valence-corrected chi connectivity index (χ2v) is 8.15. The number of carbonyl (C=O) groups is 2. The molecule has 0 saturated heterocycles. The molecule has 1 heterocycles. The summed E-state index contributed by atoms with van der Waals surface area (Å²) < 4.78 is 10.8. The number of ether oxygens (including phenoxy) is 2. The molecule has 1 unspecified atom stereocenters. The van der Waals surface area contributed by atoms with Gasteiger partial charge in [0.2, 0.25) is 0 Å². The van der Waals surface area contributed by atoms with Crippen molar-refractivity contribution in [3.8, 4) is 0 Å². The fourth-order valence-corrected chi connectivity index (χ4v) is 3.86. The van der Waals surface area contributed by atoms with Crippen LogP contribution in [0.1, 0.15) is 52.0 Å². The molecule has 1 fully saturated rings. The lowest BCUT2D eigenvalue weighted by atomic mass is 9.74. The summed E-state index contributed by atoms with van der Waals surface area (Å²) in [6.45, 7) is 5.50. The van der Waals surface area contributed by atoms with Crippen LogP contribution in [-0.2, 0) is 20.7 Å². The van der Waals surface area contributed by atoms with E-state index in [-0.39, 0.29) is 5.97 Å². The monoisotopic (exact) mass is 345 g/mol. The molecule has 25 heavy (non-hydrogen) atoms. The number of fused-ring (bicyclic) bond motifs is 1. The number of hydrogen-bond donors (Lipinski definition) is 0. The lowest BCUT2D eigenvalue weighted by molar-refractivity contribution is -0.148. The number of carbonyl (C=O) groups excluding carboxylic acids is 2. The van der Waals surface area contributed by atoms with E-state index in [0.717, 1.165) is 24.1 Å². The minimum atomic E-state index is -1.01. The van der Waals surface area contributed by atoms with Crippen LogP contribution in [0.2, 0.25) is 0 Å². The van der Waals surface area contributed by atoms with Gasteiger partial charge in [-0.15, -0.1) is 0 Å². The summed E-state index contributed by atoms with van der Waals surface area (Å²) in [5, 5.41) is 0. The van der Waals surface area contributed by atoms with E-state index in [2.05, 4.69) is 0 Å². The van der Waals surface area contributed by atoms with Crippen molar-refractivity contribution in [3.63, 3.8) is 0 Å². The number of esters is 1. The molecular weight excluding hydrogens is 318 g/mol. The van der Waals surface area contributed by atoms with Crippen LogP contribution in [-0.4, -0.2) is 30.3 Å². The molecular formula is C20H27NO4. The predicted octanol–water partition coefficient (Wildman–Crippen LogP) is 4.09. The van der Waals surface area contributed by atoms with Crippen LogP contribution in [0.15, 0.2) is 24.3 Å². The Morgan fingerprint density at radius 3 is 2.48 bits per heavy atom. The minimum absolute atomic E-state index is 0.360. The standard InChI is InChI=1S/C20H27NO4/c1-19(2,3)25-18(23)21-16-11-6-5-10-15(16)13-20(21,17(22)24-4)12-14-8-7-9-14/h5-6,10-11,14H,7-9,12-13H2,1-4H3. The van der Waals surface area contributed by atoms with E-state index in [1.807, 2.05) is 45.0 Å². The van der Waals surface area contributed by atoms with Crippen molar-refractivity contribution >= 4 is 17.7 Å². The van der Waals surface area contributed by atoms with E-state index >= 15 is 0 Å². The highest BCUT2D eigenvalue weighted by Crippen LogP contribution is 2.46. The van der Waals surface area contributed by atoms with Crippen molar-refractivity contribution in [1.29, 1.82) is 0 Å². The van der Waals surface area contributed by atoms with Crippen molar-refractivity contribution in [2.24, 2.45) is 5.92 Å². The van der Waals surface area contributed by atoms with Gasteiger partial charge in [0, 0.05) is 6.42 Å². The molecule has 2 aliphatic rings. The Balaban J connectivity index is 2.04. The third-order valence-corrected chi connectivity index (χ3v) is 5.14. The van der Waals surface area contributed by atoms with E-state index in [1.165, 1.54) is 13.5 Å². The number of rotatable bonds is 3. The number of nitrogens with zero attached hydrogens (tertiary/aromatic N) is 1. The van der Waals surface area contributed by atoms with Gasteiger partial charge in [0.25, 0.3) is 0 Å². The van der Waals surface area contributed by atoms with Crippen LogP contribution in [0.5, 0.6) is 0 Å². The minimum Gasteiger partial charge on any atom is -0.467 e. The lowest BCUT2D eigenvalue weighted by Crippen LogP contribution is -2.58. The number of para-hydroxylation sites is 1. The molecule has 5 heteroatoms. The summed E-state index contributed by atoms with van der Waals surface area (Å²) in [6, 6.07) is 7.67. The largest absolute Gasteiger partial charge is 0.467 e. The van der Waals surface area contributed by atoms with Crippen LogP contribution in [0.25, 0.3) is 0 Å². The molecule has 0 radical (unpaired) electrons. The molecule has 5 nitrogen and oxygen atoms in total. The topological polar surface area (TPSA) is 55.8 Å². The van der Waals surface area contributed by atoms with Gasteiger partial charge in [-0.2, -0.15) is 0 Å². The van der Waals surface area contributed by atoms with E-state index in [0.29, 0.717) is 18.8 Å². The first-order valence-corrected chi connectivity index (χ1v) is 8.96. The fourth-order valence-electron chi connectivity index (χ4n) is 3.86. The zero-order valence-corrected chi connectivity index (χ0v) is 15.5. The first-order chi connectivity index (χ1) is 11.8. The Morgan fingerprint density at radius 2 is 1.92 bits per heavy atom. The maximum absolute atomic E-state index is 13.0. The number of benzene rings is 1. The van der Waals surface area contributed by atoms with Crippen molar-refractivity contribution in [2.45, 2.75) is 64.0 Å². The zero-order valence-electron chi connectivity index (χ0n) is 15.5. The second kappa shape index (κ2) is 6.36. The summed E-state index contributed by atoms with van der Waals surface area (Å²) >= 11 is 0. The lowest BCUT2D eigenvalue weighted by Gasteiger charge is -2.41. The normalized spacial score (nSPS) is 23.0. The molecule has 0 bridgehead atoms. The quantitative estimate of drug-likeness (QED) is 0.775. The Labute approximate surface area is 149 Å². The summed E-state index contributed by atoms with van der Waals surface area (Å²) in [6.07, 6.45) is 3.98. The highest BCUT2D eigenvalue weighted by Gasteiger charge is 2.55. The average molecular weight is 345 g/mol. The van der Waals surface area contributed by atoms with Crippen molar-refractivity contribution in [1.82, 2.24) is 0 Å². The van der Waals surface area contributed by atoms with Gasteiger partial charge in [-0.05, 0) is 44.7 Å². The number of anilines is 1. The molecule has 1 aliphatic carbocycles. The second-order valence-electron chi connectivity index (χ2n) is 8.15. The maximum Gasteiger partial charge on any atom is 0.415 e. The van der Waals surface area contributed by atoms with Crippen molar-refractivity contribution < 1.29 is 19.1 Å². The first-order valence-electron chi connectivity index (χ1n) is 8.96. The van der Waals surface area contributed by atoms with Crippen LogP contribution >= 0.6 is 0 Å². The van der Waals surface area contributed by atoms with E-state index in [9.17, 15) is 9.59 Å². The molecule has 1 aliphatic heterocycles. The van der Waals surface area contributed by atoms with Gasteiger partial charge in [0.15, 0.2) is 5.54 Å². The third-order valence-electron chi connectivity index (χ3n) is 5.14. The van der Waals surface area contributed by atoms with Gasteiger partial charge >= 0.3 is 12.1 Å². The van der Waals surface area contributed by atoms with Gasteiger partial charge in [0.1, 0.15) is 5.60 Å². The molecule has 0 aromatic heterocycles. The average Bonchev–Trinajstić information content (AvgIpc) is 2.83. The van der Waals surface area contributed by atoms with Gasteiger partial charge in [-0.25, -0.2) is 9.59 Å². The third kappa shape index (κ3) is 3.24. The number of amides is 1. The van der Waals surface area contributed by atoms with Crippen LogP contribution in [0.4, 0.5) is 10.5 Å². The Kier molecular flexibility index (Phi) is 4.52. The van der Waals surface area contributed by atoms with Gasteiger partial charge in [0.05, 0.1) is 12.8 Å². The Bertz CT molecular complexity index is 675. The molecule has 136 valence electrons. The molecule has 1 aromatic carbocycles. The first kappa shape index (κ1) is 17.8. The van der Waals surface area contributed by atoms with Crippen LogP contribution < -0.4 is 4.90 Å². The summed E-state index contributed by atoms with van der Waals surface area (Å²) in [5.41, 5.74) is 0.0956. The SMILES string of the molecule is COC(=O)C1(CC2CCC2)Cc2ccccc2N1C(=O)OC(C)(C)C. The number of methoxy groups -OCH3 is 1. The molecule has 0 N–H and O–H groups in total. The van der Waals surface area contributed by atoms with Crippen LogP contribution in [0.3, 0.4) is 0 Å². The van der Waals surface area contributed by atoms with Crippen molar-refractivity contribution in [2.75, 3.05) is 12.0 Å². The van der Waals surface area contributed by atoms with Gasteiger partial charge in [-0.1, -0.05) is 37.5 Å². The highest BCUT2D eigenvalue weighted by atomic mass is 16.6. The van der Waals surface area contributed by atoms with E-state index in [1.54, 1.807) is 4.90 Å². The molecule has 1 saturated carbocycles. The summed E-state index contributed by atoms with van der Waals surface area (Å²) in [4.78, 5) is 27.5. The summed E-state index contributed by atoms with van der Waals surface area (Å²) in [5.74, 6) is 0.0832. The zero-order chi connectivity index (χ0) is 18.2. The Morgan fingerprint density at radius 1 is 1.24 bits per heavy atom. The highest BCUT2D eigenvalue weighted by molar-refractivity contribution is 6.02. The van der Waals surface area contributed by atoms with E-state index in [4.69, 9.17) is 9.47 Å². The number of hydrogen-bond acceptors (Lipinski definition) is 4. The summed E-state index contributed by atoms with van der Waals surface area (Å²) in [7, 11) is 1.39. The predicted molar refractivity (Wildman–Crippen MR) is 95.6 cm³/mol. The van der Waals surface area contributed by atoms with E-state index < -0.39 is 17.2 Å². The maximum atomic E-state index is 13.0. The fraction of sp³-hybridized carbons (Fsp3) is 0.600. The molecule has 1 amide bonds. The van der Waals surface area contributed by atoms with Crippen molar-refractivity contribution in [3.05, 3.63) is 29.8 Å². The van der Waals surface area contributed by atoms with Gasteiger partial charge in [-0.3, -0.25) is 4.90 Å². The Hall–Kier alpha value is -2.04.